The molecule has 2 rings (SSSR count). The average molecular weight is 180 g/mol. The van der Waals surface area contributed by atoms with Crippen molar-refractivity contribution < 1.29 is 0 Å². The second-order valence-corrected chi connectivity index (χ2v) is 6.51. The third-order valence-corrected chi connectivity index (χ3v) is 5.56. The van der Waals surface area contributed by atoms with Crippen LogP contribution in [0.1, 0.15) is 53.9 Å². The molecule has 2 aliphatic carbocycles. The van der Waals surface area contributed by atoms with Crippen LogP contribution in [0, 0.1) is 28.6 Å². The quantitative estimate of drug-likeness (QED) is 0.570. The Morgan fingerprint density at radius 1 is 1.08 bits per heavy atom. The van der Waals surface area contributed by atoms with Crippen LogP contribution in [0.3, 0.4) is 0 Å². The highest BCUT2D eigenvalue weighted by Crippen LogP contribution is 2.67. The average Bonchev–Trinajstić information content (AvgIpc) is 2.38. The van der Waals surface area contributed by atoms with Gasteiger partial charge < -0.3 is 0 Å². The van der Waals surface area contributed by atoms with Gasteiger partial charge >= 0.3 is 0 Å². The summed E-state index contributed by atoms with van der Waals surface area (Å²) in [6.07, 6.45) is 4.48. The molecule has 76 valence electrons. The summed E-state index contributed by atoms with van der Waals surface area (Å²) in [4.78, 5) is 0. The van der Waals surface area contributed by atoms with E-state index in [0.29, 0.717) is 10.8 Å². The van der Waals surface area contributed by atoms with E-state index in [1.807, 2.05) is 0 Å². The van der Waals surface area contributed by atoms with E-state index in [9.17, 15) is 0 Å². The van der Waals surface area contributed by atoms with Gasteiger partial charge in [-0.3, -0.25) is 0 Å². The number of hydrogen-bond acceptors (Lipinski definition) is 0. The van der Waals surface area contributed by atoms with Gasteiger partial charge in [-0.15, -0.1) is 0 Å². The summed E-state index contributed by atoms with van der Waals surface area (Å²) in [6.45, 7) is 12.4. The molecule has 0 N–H and O–H groups in total. The minimum atomic E-state index is 0.638. The van der Waals surface area contributed by atoms with Crippen molar-refractivity contribution in [3.05, 3.63) is 0 Å². The standard InChI is InChI=1S/C13H24/c1-9(2)13(5)8-10-6-7-11(13)12(10,3)4/h9-11H,6-8H2,1-5H3. The van der Waals surface area contributed by atoms with Crippen molar-refractivity contribution in [3.63, 3.8) is 0 Å². The number of hydrogen-bond donors (Lipinski definition) is 0. The van der Waals surface area contributed by atoms with Crippen LogP contribution in [0.15, 0.2) is 0 Å². The number of rotatable bonds is 1. The molecule has 0 radical (unpaired) electrons. The molecule has 2 aliphatic rings. The lowest BCUT2D eigenvalue weighted by molar-refractivity contribution is 0.0934. The van der Waals surface area contributed by atoms with Crippen LogP contribution in [-0.4, -0.2) is 0 Å². The molecule has 2 saturated carbocycles. The molecule has 0 nitrogen and oxygen atoms in total. The summed E-state index contributed by atoms with van der Waals surface area (Å²) < 4.78 is 0. The van der Waals surface area contributed by atoms with E-state index in [2.05, 4.69) is 34.6 Å². The van der Waals surface area contributed by atoms with Crippen molar-refractivity contribution in [3.8, 4) is 0 Å². The Balaban J connectivity index is 2.31. The third kappa shape index (κ3) is 1.04. The monoisotopic (exact) mass is 180 g/mol. The second-order valence-electron chi connectivity index (χ2n) is 6.51. The zero-order chi connectivity index (χ0) is 9.85. The molecular formula is C13H24. The van der Waals surface area contributed by atoms with Crippen molar-refractivity contribution in [2.24, 2.45) is 28.6 Å². The SMILES string of the molecule is CC(C)C1(C)CC2CCC1C2(C)C. The molecule has 0 aliphatic heterocycles. The van der Waals surface area contributed by atoms with Crippen molar-refractivity contribution in [1.29, 1.82) is 0 Å². The van der Waals surface area contributed by atoms with E-state index in [1.54, 1.807) is 0 Å². The molecule has 2 bridgehead atoms. The fourth-order valence-corrected chi connectivity index (χ4v) is 4.25. The predicted octanol–water partition coefficient (Wildman–Crippen LogP) is 4.10. The molecule has 0 aromatic carbocycles. The molecule has 13 heavy (non-hydrogen) atoms. The van der Waals surface area contributed by atoms with Gasteiger partial charge in [-0.2, -0.15) is 0 Å². The van der Waals surface area contributed by atoms with Crippen molar-refractivity contribution >= 4 is 0 Å². The Bertz CT molecular complexity index is 214. The topological polar surface area (TPSA) is 0 Å². The van der Waals surface area contributed by atoms with Crippen LogP contribution in [0.4, 0.5) is 0 Å². The summed E-state index contributed by atoms with van der Waals surface area (Å²) in [5, 5.41) is 0. The van der Waals surface area contributed by atoms with Gasteiger partial charge in [-0.25, -0.2) is 0 Å². The molecule has 0 amide bonds. The highest BCUT2D eigenvalue weighted by atomic mass is 14.6. The first-order chi connectivity index (χ1) is 5.89. The Hall–Kier alpha value is 0. The van der Waals surface area contributed by atoms with Gasteiger partial charge in [0, 0.05) is 0 Å². The van der Waals surface area contributed by atoms with Gasteiger partial charge in [-0.05, 0) is 47.8 Å². The lowest BCUT2D eigenvalue weighted by atomic mass is 9.65. The predicted molar refractivity (Wildman–Crippen MR) is 57.6 cm³/mol. The molecule has 3 unspecified atom stereocenters. The van der Waals surface area contributed by atoms with Crippen molar-refractivity contribution in [2.45, 2.75) is 53.9 Å². The lowest BCUT2D eigenvalue weighted by Gasteiger charge is -2.40. The zero-order valence-electron chi connectivity index (χ0n) is 9.85. The largest absolute Gasteiger partial charge is 0.0622 e. The van der Waals surface area contributed by atoms with Crippen LogP contribution < -0.4 is 0 Å². The van der Waals surface area contributed by atoms with Crippen LogP contribution in [0.5, 0.6) is 0 Å². The van der Waals surface area contributed by atoms with Crippen molar-refractivity contribution in [1.82, 2.24) is 0 Å². The molecule has 2 fully saturated rings. The van der Waals surface area contributed by atoms with Crippen LogP contribution >= 0.6 is 0 Å². The van der Waals surface area contributed by atoms with Gasteiger partial charge in [0.1, 0.15) is 0 Å². The third-order valence-electron chi connectivity index (χ3n) is 5.56. The van der Waals surface area contributed by atoms with Gasteiger partial charge in [0.15, 0.2) is 0 Å². The minimum absolute atomic E-state index is 0.638. The molecule has 0 aromatic heterocycles. The first-order valence-corrected chi connectivity index (χ1v) is 5.89. The second kappa shape index (κ2) is 2.52. The van der Waals surface area contributed by atoms with E-state index >= 15 is 0 Å². The highest BCUT2D eigenvalue weighted by Gasteiger charge is 2.59. The Morgan fingerprint density at radius 2 is 1.69 bits per heavy atom. The summed E-state index contributed by atoms with van der Waals surface area (Å²) in [5.74, 6) is 2.87. The maximum Gasteiger partial charge on any atom is -0.0266 e. The van der Waals surface area contributed by atoms with Crippen LogP contribution in [0.2, 0.25) is 0 Å². The fraction of sp³-hybridized carbons (Fsp3) is 1.00. The minimum Gasteiger partial charge on any atom is -0.0622 e. The molecular weight excluding hydrogens is 156 g/mol. The van der Waals surface area contributed by atoms with Gasteiger partial charge in [0.2, 0.25) is 0 Å². The van der Waals surface area contributed by atoms with Crippen molar-refractivity contribution in [2.75, 3.05) is 0 Å². The molecule has 0 saturated heterocycles. The van der Waals surface area contributed by atoms with Gasteiger partial charge in [0.05, 0.1) is 0 Å². The van der Waals surface area contributed by atoms with Gasteiger partial charge in [-0.1, -0.05) is 34.6 Å². The Morgan fingerprint density at radius 3 is 1.92 bits per heavy atom. The Kier molecular flexibility index (Phi) is 1.85. The summed E-state index contributed by atoms with van der Waals surface area (Å²) in [7, 11) is 0. The first kappa shape index (κ1) is 9.55. The maximum absolute atomic E-state index is 2.53. The molecule has 3 atom stereocenters. The summed E-state index contributed by atoms with van der Waals surface area (Å²) >= 11 is 0. The maximum atomic E-state index is 2.53. The molecule has 0 heteroatoms. The van der Waals surface area contributed by atoms with E-state index in [-0.39, 0.29) is 0 Å². The summed E-state index contributed by atoms with van der Waals surface area (Å²) in [5.41, 5.74) is 1.28. The normalized spacial score (nSPS) is 47.5. The van der Waals surface area contributed by atoms with E-state index in [1.165, 1.54) is 19.3 Å². The van der Waals surface area contributed by atoms with E-state index < -0.39 is 0 Å². The van der Waals surface area contributed by atoms with Gasteiger partial charge in [0.25, 0.3) is 0 Å². The van der Waals surface area contributed by atoms with E-state index in [4.69, 9.17) is 0 Å². The zero-order valence-corrected chi connectivity index (χ0v) is 9.85. The molecule has 0 heterocycles. The fourth-order valence-electron chi connectivity index (χ4n) is 4.25. The molecule has 0 aromatic rings. The highest BCUT2D eigenvalue weighted by molar-refractivity contribution is 5.08. The van der Waals surface area contributed by atoms with E-state index in [0.717, 1.165) is 17.8 Å². The van der Waals surface area contributed by atoms with Crippen LogP contribution in [-0.2, 0) is 0 Å². The lowest BCUT2D eigenvalue weighted by Crippen LogP contribution is -2.32. The Labute approximate surface area is 83.1 Å². The molecule has 0 spiro atoms. The number of fused-ring (bicyclic) bond motifs is 2. The summed E-state index contributed by atoms with van der Waals surface area (Å²) in [6, 6.07) is 0. The smallest absolute Gasteiger partial charge is 0.0266 e. The first-order valence-electron chi connectivity index (χ1n) is 5.89. The van der Waals surface area contributed by atoms with Crippen LogP contribution in [0.25, 0.3) is 0 Å².